The van der Waals surface area contributed by atoms with Crippen LogP contribution in [0.5, 0.6) is 0 Å². The summed E-state index contributed by atoms with van der Waals surface area (Å²) in [5.74, 6) is -0.347. The molecule has 0 aliphatic heterocycles. The summed E-state index contributed by atoms with van der Waals surface area (Å²) in [6, 6.07) is 2.76. The van der Waals surface area contributed by atoms with Gasteiger partial charge >= 0.3 is 0 Å². The SMILES string of the molecule is OCCc1c(F)ccc(Cl)c1Br. The predicted molar refractivity (Wildman–Crippen MR) is 49.9 cm³/mol. The van der Waals surface area contributed by atoms with Crippen LogP contribution in [0.1, 0.15) is 5.56 Å². The van der Waals surface area contributed by atoms with Crippen molar-refractivity contribution in [2.45, 2.75) is 6.42 Å². The maximum atomic E-state index is 13.0. The van der Waals surface area contributed by atoms with E-state index in [4.69, 9.17) is 16.7 Å². The molecule has 1 aromatic rings. The lowest BCUT2D eigenvalue weighted by atomic mass is 10.1. The summed E-state index contributed by atoms with van der Waals surface area (Å²) in [5.41, 5.74) is 0.421. The largest absolute Gasteiger partial charge is 0.396 e. The lowest BCUT2D eigenvalue weighted by Gasteiger charge is -2.05. The number of aliphatic hydroxyl groups is 1. The second-order valence-corrected chi connectivity index (χ2v) is 3.50. The summed E-state index contributed by atoms with van der Waals surface area (Å²) in [5, 5.41) is 9.09. The van der Waals surface area contributed by atoms with Gasteiger partial charge in [0.05, 0.1) is 5.02 Å². The van der Waals surface area contributed by atoms with Gasteiger partial charge in [0.2, 0.25) is 0 Å². The fourth-order valence-electron chi connectivity index (χ4n) is 0.910. The minimum absolute atomic E-state index is 0.0874. The van der Waals surface area contributed by atoms with Crippen molar-refractivity contribution >= 4 is 27.5 Å². The van der Waals surface area contributed by atoms with Gasteiger partial charge in [-0.05, 0) is 34.5 Å². The molecule has 0 bridgehead atoms. The monoisotopic (exact) mass is 252 g/mol. The Morgan fingerprint density at radius 3 is 2.75 bits per heavy atom. The summed E-state index contributed by atoms with van der Waals surface area (Å²) in [7, 11) is 0. The molecule has 0 aliphatic carbocycles. The maximum absolute atomic E-state index is 13.0. The quantitative estimate of drug-likeness (QED) is 0.804. The first kappa shape index (κ1) is 9.96. The third kappa shape index (κ3) is 1.97. The van der Waals surface area contributed by atoms with Crippen LogP contribution in [0.25, 0.3) is 0 Å². The molecule has 12 heavy (non-hydrogen) atoms. The fourth-order valence-corrected chi connectivity index (χ4v) is 1.61. The van der Waals surface area contributed by atoms with E-state index in [2.05, 4.69) is 15.9 Å². The van der Waals surface area contributed by atoms with E-state index < -0.39 is 0 Å². The second kappa shape index (κ2) is 4.21. The molecule has 0 saturated heterocycles. The lowest BCUT2D eigenvalue weighted by Crippen LogP contribution is -1.96. The Hall–Kier alpha value is -0.120. The van der Waals surface area contributed by atoms with Crippen molar-refractivity contribution in [2.24, 2.45) is 0 Å². The van der Waals surface area contributed by atoms with Gasteiger partial charge in [-0.2, -0.15) is 0 Å². The molecule has 0 amide bonds. The van der Waals surface area contributed by atoms with Crippen molar-refractivity contribution in [1.29, 1.82) is 0 Å². The van der Waals surface area contributed by atoms with E-state index in [1.165, 1.54) is 12.1 Å². The van der Waals surface area contributed by atoms with Crippen LogP contribution in [0.15, 0.2) is 16.6 Å². The first-order valence-corrected chi connectivity index (χ1v) is 4.57. The summed E-state index contributed by atoms with van der Waals surface area (Å²) in [4.78, 5) is 0. The Balaban J connectivity index is 3.14. The molecule has 0 heterocycles. The Bertz CT molecular complexity index is 291. The van der Waals surface area contributed by atoms with Crippen molar-refractivity contribution in [3.8, 4) is 0 Å². The van der Waals surface area contributed by atoms with Gasteiger partial charge in [-0.1, -0.05) is 11.6 Å². The molecule has 1 nitrogen and oxygen atoms in total. The number of benzene rings is 1. The Morgan fingerprint density at radius 2 is 2.17 bits per heavy atom. The van der Waals surface area contributed by atoms with Crippen LogP contribution in [0.4, 0.5) is 4.39 Å². The zero-order valence-corrected chi connectivity index (χ0v) is 8.49. The number of rotatable bonds is 2. The van der Waals surface area contributed by atoms with Crippen LogP contribution in [-0.2, 0) is 6.42 Å². The molecule has 0 saturated carbocycles. The number of hydrogen-bond donors (Lipinski definition) is 1. The van der Waals surface area contributed by atoms with E-state index in [9.17, 15) is 4.39 Å². The highest BCUT2D eigenvalue weighted by Gasteiger charge is 2.08. The third-order valence-corrected chi connectivity index (χ3v) is 2.95. The van der Waals surface area contributed by atoms with Gasteiger partial charge in [0.25, 0.3) is 0 Å². The Kier molecular flexibility index (Phi) is 3.50. The highest BCUT2D eigenvalue weighted by Crippen LogP contribution is 2.28. The van der Waals surface area contributed by atoms with Crippen LogP contribution in [-0.4, -0.2) is 11.7 Å². The first-order chi connectivity index (χ1) is 5.66. The van der Waals surface area contributed by atoms with Crippen LogP contribution in [0, 0.1) is 5.82 Å². The highest BCUT2D eigenvalue weighted by atomic mass is 79.9. The molecule has 66 valence electrons. The van der Waals surface area contributed by atoms with E-state index in [0.29, 0.717) is 15.1 Å². The molecular weight excluding hydrogens is 246 g/mol. The minimum Gasteiger partial charge on any atom is -0.396 e. The van der Waals surface area contributed by atoms with E-state index in [1.807, 2.05) is 0 Å². The van der Waals surface area contributed by atoms with Gasteiger partial charge in [0.1, 0.15) is 5.82 Å². The first-order valence-electron chi connectivity index (χ1n) is 3.40. The van der Waals surface area contributed by atoms with Crippen LogP contribution in [0.2, 0.25) is 5.02 Å². The average Bonchev–Trinajstić information content (AvgIpc) is 2.06. The van der Waals surface area contributed by atoms with Gasteiger partial charge in [-0.15, -0.1) is 0 Å². The Morgan fingerprint density at radius 1 is 1.50 bits per heavy atom. The van der Waals surface area contributed by atoms with Crippen LogP contribution >= 0.6 is 27.5 Å². The van der Waals surface area contributed by atoms with Crippen molar-refractivity contribution in [1.82, 2.24) is 0 Å². The average molecular weight is 253 g/mol. The van der Waals surface area contributed by atoms with E-state index in [-0.39, 0.29) is 18.8 Å². The van der Waals surface area contributed by atoms with Gasteiger partial charge in [-0.3, -0.25) is 0 Å². The van der Waals surface area contributed by atoms with Crippen molar-refractivity contribution < 1.29 is 9.50 Å². The molecule has 0 unspecified atom stereocenters. The van der Waals surface area contributed by atoms with Gasteiger partial charge in [0.15, 0.2) is 0 Å². The summed E-state index contributed by atoms with van der Waals surface area (Å²) >= 11 is 8.88. The molecule has 0 aromatic heterocycles. The van der Waals surface area contributed by atoms with Gasteiger partial charge < -0.3 is 5.11 Å². The number of aliphatic hydroxyl groups excluding tert-OH is 1. The molecule has 1 aromatic carbocycles. The highest BCUT2D eigenvalue weighted by molar-refractivity contribution is 9.10. The smallest absolute Gasteiger partial charge is 0.127 e. The van der Waals surface area contributed by atoms with Crippen molar-refractivity contribution in [3.63, 3.8) is 0 Å². The molecule has 0 aliphatic rings. The Labute approximate surface area is 83.3 Å². The minimum atomic E-state index is -0.347. The van der Waals surface area contributed by atoms with E-state index in [0.717, 1.165) is 0 Å². The lowest BCUT2D eigenvalue weighted by molar-refractivity contribution is 0.297. The molecule has 0 fully saturated rings. The van der Waals surface area contributed by atoms with Gasteiger partial charge in [0, 0.05) is 16.6 Å². The zero-order chi connectivity index (χ0) is 9.14. The molecular formula is C8H7BrClFO. The summed E-state index contributed by atoms with van der Waals surface area (Å²) in [6.07, 6.45) is 0.271. The summed E-state index contributed by atoms with van der Waals surface area (Å²) in [6.45, 7) is -0.0874. The molecule has 0 spiro atoms. The third-order valence-electron chi connectivity index (χ3n) is 1.50. The molecule has 0 atom stereocenters. The molecule has 1 N–H and O–H groups in total. The zero-order valence-electron chi connectivity index (χ0n) is 6.15. The summed E-state index contributed by atoms with van der Waals surface area (Å²) < 4.78 is 13.5. The number of hydrogen-bond acceptors (Lipinski definition) is 1. The molecule has 4 heteroatoms. The van der Waals surface area contributed by atoms with Crippen LogP contribution in [0.3, 0.4) is 0 Å². The standard InChI is InChI=1S/C8H7BrClFO/c9-8-5(3-4-12)7(11)2-1-6(8)10/h1-2,12H,3-4H2. The molecule has 1 rings (SSSR count). The van der Waals surface area contributed by atoms with Crippen molar-refractivity contribution in [2.75, 3.05) is 6.61 Å². The van der Waals surface area contributed by atoms with E-state index >= 15 is 0 Å². The fraction of sp³-hybridized carbons (Fsp3) is 0.250. The second-order valence-electron chi connectivity index (χ2n) is 2.30. The predicted octanol–water partition coefficient (Wildman–Crippen LogP) is 2.78. The number of halogens is 3. The van der Waals surface area contributed by atoms with Crippen LogP contribution < -0.4 is 0 Å². The topological polar surface area (TPSA) is 20.2 Å². The van der Waals surface area contributed by atoms with Gasteiger partial charge in [-0.25, -0.2) is 4.39 Å². The van der Waals surface area contributed by atoms with Crippen molar-refractivity contribution in [3.05, 3.63) is 33.0 Å². The maximum Gasteiger partial charge on any atom is 0.127 e. The normalized spacial score (nSPS) is 10.3. The molecule has 0 radical (unpaired) electrons. The van der Waals surface area contributed by atoms with E-state index in [1.54, 1.807) is 0 Å².